The summed E-state index contributed by atoms with van der Waals surface area (Å²) in [6.07, 6.45) is 2.88. The number of hydrogen-bond acceptors (Lipinski definition) is 5. The molecule has 3 rings (SSSR count). The van der Waals surface area contributed by atoms with Crippen molar-refractivity contribution in [1.29, 1.82) is 0 Å². The van der Waals surface area contributed by atoms with E-state index < -0.39 is 11.2 Å². The fourth-order valence-corrected chi connectivity index (χ4v) is 3.91. The van der Waals surface area contributed by atoms with Gasteiger partial charge in [-0.05, 0) is 57.2 Å². The van der Waals surface area contributed by atoms with Gasteiger partial charge in [0, 0.05) is 25.8 Å². The lowest BCUT2D eigenvalue weighted by Crippen LogP contribution is -2.34. The largest absolute Gasteiger partial charge is 0.334 e. The van der Waals surface area contributed by atoms with E-state index in [-0.39, 0.29) is 22.5 Å². The van der Waals surface area contributed by atoms with Crippen molar-refractivity contribution in [3.05, 3.63) is 72.5 Å². The van der Waals surface area contributed by atoms with Crippen LogP contribution in [-0.2, 0) is 13.1 Å². The number of nitrogens with zero attached hydrogens (tertiary/aromatic N) is 4. The SMILES string of the molecule is CCCn1c(=O)[nH]c(=O)c2cc(C(=O)N(CCCN(C)C)Cc3ccc(Cl)c(Cl)c3)cnc21. The molecule has 0 atom stereocenters. The molecule has 176 valence electrons. The summed E-state index contributed by atoms with van der Waals surface area (Å²) in [5, 5.41) is 1.07. The Morgan fingerprint density at radius 3 is 2.55 bits per heavy atom. The molecule has 0 spiro atoms. The molecular weight excluding hydrogens is 465 g/mol. The van der Waals surface area contributed by atoms with Crippen LogP contribution in [0.1, 0.15) is 35.7 Å². The summed E-state index contributed by atoms with van der Waals surface area (Å²) in [5.74, 6) is -0.262. The first-order valence-electron chi connectivity index (χ1n) is 10.7. The third-order valence-corrected chi connectivity index (χ3v) is 5.94. The number of amides is 1. The average molecular weight is 492 g/mol. The number of nitrogens with one attached hydrogen (secondary N) is 1. The van der Waals surface area contributed by atoms with Crippen LogP contribution in [-0.4, -0.2) is 57.4 Å². The second-order valence-corrected chi connectivity index (χ2v) is 8.95. The van der Waals surface area contributed by atoms with Gasteiger partial charge in [0.15, 0.2) is 0 Å². The van der Waals surface area contributed by atoms with Crippen molar-refractivity contribution in [2.45, 2.75) is 32.9 Å². The van der Waals surface area contributed by atoms with Crippen molar-refractivity contribution in [3.63, 3.8) is 0 Å². The van der Waals surface area contributed by atoms with E-state index in [1.54, 1.807) is 17.0 Å². The zero-order valence-electron chi connectivity index (χ0n) is 18.9. The van der Waals surface area contributed by atoms with Crippen molar-refractivity contribution >= 4 is 40.1 Å². The summed E-state index contributed by atoms with van der Waals surface area (Å²) in [6, 6.07) is 6.77. The molecule has 3 aromatic rings. The summed E-state index contributed by atoms with van der Waals surface area (Å²) >= 11 is 12.2. The second-order valence-electron chi connectivity index (χ2n) is 8.14. The first-order valence-corrected chi connectivity index (χ1v) is 11.5. The fraction of sp³-hybridized carbons (Fsp3) is 0.391. The number of carbonyl (C=O) groups is 1. The molecule has 0 saturated heterocycles. The van der Waals surface area contributed by atoms with E-state index in [0.717, 1.165) is 18.5 Å². The third kappa shape index (κ3) is 6.01. The number of carbonyl (C=O) groups excluding carboxylic acids is 1. The van der Waals surface area contributed by atoms with Crippen molar-refractivity contribution in [2.75, 3.05) is 27.2 Å². The van der Waals surface area contributed by atoms with Gasteiger partial charge in [-0.3, -0.25) is 19.1 Å². The van der Waals surface area contributed by atoms with E-state index in [2.05, 4.69) is 9.97 Å². The maximum Gasteiger partial charge on any atom is 0.329 e. The summed E-state index contributed by atoms with van der Waals surface area (Å²) < 4.78 is 1.41. The Labute approximate surface area is 201 Å². The third-order valence-electron chi connectivity index (χ3n) is 5.20. The summed E-state index contributed by atoms with van der Waals surface area (Å²) in [4.78, 5) is 48.4. The van der Waals surface area contributed by atoms with Gasteiger partial charge in [-0.15, -0.1) is 0 Å². The molecule has 0 unspecified atom stereocenters. The number of H-pyrrole nitrogens is 1. The molecule has 10 heteroatoms. The average Bonchev–Trinajstić information content (AvgIpc) is 2.77. The van der Waals surface area contributed by atoms with Crippen molar-refractivity contribution in [1.82, 2.24) is 24.3 Å². The molecule has 1 amide bonds. The van der Waals surface area contributed by atoms with E-state index in [4.69, 9.17) is 23.2 Å². The molecule has 0 bridgehead atoms. The van der Waals surface area contributed by atoms with Gasteiger partial charge in [-0.25, -0.2) is 9.78 Å². The predicted molar refractivity (Wildman–Crippen MR) is 131 cm³/mol. The number of benzene rings is 1. The van der Waals surface area contributed by atoms with E-state index in [0.29, 0.717) is 36.1 Å². The monoisotopic (exact) mass is 491 g/mol. The smallest absolute Gasteiger partial charge is 0.329 e. The highest BCUT2D eigenvalue weighted by Gasteiger charge is 2.19. The molecular formula is C23H27Cl2N5O3. The van der Waals surface area contributed by atoms with Crippen LogP contribution >= 0.6 is 23.2 Å². The summed E-state index contributed by atoms with van der Waals surface area (Å²) in [7, 11) is 3.95. The Bertz CT molecular complexity index is 1270. The van der Waals surface area contributed by atoms with E-state index in [9.17, 15) is 14.4 Å². The van der Waals surface area contributed by atoms with Crippen molar-refractivity contribution in [2.24, 2.45) is 0 Å². The van der Waals surface area contributed by atoms with Crippen LogP contribution in [0.5, 0.6) is 0 Å². The maximum absolute atomic E-state index is 13.4. The van der Waals surface area contributed by atoms with Crippen LogP contribution < -0.4 is 11.2 Å². The van der Waals surface area contributed by atoms with Gasteiger partial charge < -0.3 is 9.80 Å². The molecule has 0 aliphatic carbocycles. The van der Waals surface area contributed by atoms with Gasteiger partial charge in [0.25, 0.3) is 11.5 Å². The molecule has 2 aromatic heterocycles. The van der Waals surface area contributed by atoms with Crippen LogP contribution in [0.2, 0.25) is 10.0 Å². The van der Waals surface area contributed by atoms with Crippen LogP contribution in [0.4, 0.5) is 0 Å². The highest BCUT2D eigenvalue weighted by Crippen LogP contribution is 2.24. The van der Waals surface area contributed by atoms with Gasteiger partial charge in [-0.1, -0.05) is 36.2 Å². The van der Waals surface area contributed by atoms with Crippen molar-refractivity contribution in [3.8, 4) is 0 Å². The molecule has 0 saturated carbocycles. The van der Waals surface area contributed by atoms with E-state index in [1.807, 2.05) is 32.0 Å². The summed E-state index contributed by atoms with van der Waals surface area (Å²) in [6.45, 7) is 3.98. The van der Waals surface area contributed by atoms with Crippen LogP contribution in [0.15, 0.2) is 40.1 Å². The minimum Gasteiger partial charge on any atom is -0.334 e. The number of hydrogen-bond donors (Lipinski definition) is 1. The Balaban J connectivity index is 1.97. The van der Waals surface area contributed by atoms with Crippen LogP contribution in [0, 0.1) is 0 Å². The number of aromatic amines is 1. The minimum absolute atomic E-state index is 0.205. The predicted octanol–water partition coefficient (Wildman–Crippen LogP) is 3.40. The Kier molecular flexibility index (Phi) is 8.29. The molecule has 0 aliphatic heterocycles. The molecule has 1 aromatic carbocycles. The van der Waals surface area contributed by atoms with E-state index >= 15 is 0 Å². The number of rotatable bonds is 9. The van der Waals surface area contributed by atoms with Gasteiger partial charge in [0.1, 0.15) is 5.65 Å². The Hall–Kier alpha value is -2.68. The Morgan fingerprint density at radius 2 is 1.88 bits per heavy atom. The number of aryl methyl sites for hydroxylation is 1. The van der Waals surface area contributed by atoms with Gasteiger partial charge in [0.2, 0.25) is 0 Å². The molecule has 8 nitrogen and oxygen atoms in total. The van der Waals surface area contributed by atoms with Crippen LogP contribution in [0.25, 0.3) is 11.0 Å². The summed E-state index contributed by atoms with van der Waals surface area (Å²) in [5.41, 5.74) is 0.315. The lowest BCUT2D eigenvalue weighted by Gasteiger charge is -2.24. The fourth-order valence-electron chi connectivity index (χ4n) is 3.59. The molecule has 0 aliphatic rings. The number of fused-ring (bicyclic) bond motifs is 1. The van der Waals surface area contributed by atoms with E-state index in [1.165, 1.54) is 16.8 Å². The number of aromatic nitrogens is 3. The molecule has 33 heavy (non-hydrogen) atoms. The van der Waals surface area contributed by atoms with Gasteiger partial charge in [0.05, 0.1) is 21.0 Å². The molecule has 0 fully saturated rings. The minimum atomic E-state index is -0.562. The molecule has 0 radical (unpaired) electrons. The first kappa shape index (κ1) is 25.0. The lowest BCUT2D eigenvalue weighted by atomic mass is 10.1. The standard InChI is InChI=1S/C23H27Cl2N5O3/c1-4-8-30-20-17(21(31)27-23(30)33)12-16(13-26-20)22(32)29(10-5-9-28(2)3)14-15-6-7-18(24)19(25)11-15/h6-7,11-13H,4-5,8-10,14H2,1-3H3,(H,27,31,33). The number of halogens is 2. The first-order chi connectivity index (χ1) is 15.7. The quantitative estimate of drug-likeness (QED) is 0.495. The molecule has 1 N–H and O–H groups in total. The highest BCUT2D eigenvalue weighted by molar-refractivity contribution is 6.42. The molecule has 2 heterocycles. The lowest BCUT2D eigenvalue weighted by molar-refractivity contribution is 0.0737. The zero-order chi connectivity index (χ0) is 24.1. The zero-order valence-corrected chi connectivity index (χ0v) is 20.4. The normalized spacial score (nSPS) is 11.3. The second kappa shape index (κ2) is 11.0. The maximum atomic E-state index is 13.4. The highest BCUT2D eigenvalue weighted by atomic mass is 35.5. The Morgan fingerprint density at radius 1 is 1.12 bits per heavy atom. The topological polar surface area (TPSA) is 91.3 Å². The van der Waals surface area contributed by atoms with Crippen LogP contribution in [0.3, 0.4) is 0 Å². The van der Waals surface area contributed by atoms with Gasteiger partial charge >= 0.3 is 5.69 Å². The van der Waals surface area contributed by atoms with Gasteiger partial charge in [-0.2, -0.15) is 0 Å². The number of pyridine rings is 1. The van der Waals surface area contributed by atoms with Crippen molar-refractivity contribution < 1.29 is 4.79 Å².